The van der Waals surface area contributed by atoms with Gasteiger partial charge in [-0.1, -0.05) is 84.9 Å². The lowest BCUT2D eigenvalue weighted by molar-refractivity contribution is 0.0986. The average Bonchev–Trinajstić information content (AvgIpc) is 3.25. The zero-order valence-corrected chi connectivity index (χ0v) is 31.9. The average molecular weight is 805 g/mol. The number of benzene rings is 8. The van der Waals surface area contributed by atoms with Crippen LogP contribution in [0.4, 0.5) is 20.2 Å². The summed E-state index contributed by atoms with van der Waals surface area (Å²) in [5.41, 5.74) is 2.74. The van der Waals surface area contributed by atoms with E-state index in [2.05, 4.69) is 0 Å². The highest BCUT2D eigenvalue weighted by atomic mass is 31.2. The molecule has 282 valence electrons. The normalized spacial score (nSPS) is 16.0. The molecular weight excluding hydrogens is 776 g/mol. The number of nitrogens with zero attached hydrogens (tertiary/aromatic N) is 2. The fourth-order valence-corrected chi connectivity index (χ4v) is 9.97. The Morgan fingerprint density at radius 1 is 0.431 bits per heavy atom. The van der Waals surface area contributed by atoms with Gasteiger partial charge in [-0.05, 0) is 106 Å². The summed E-state index contributed by atoms with van der Waals surface area (Å²) in [5, 5.41) is 3.41. The molecule has 2 amide bonds. The van der Waals surface area contributed by atoms with Crippen molar-refractivity contribution in [3.63, 3.8) is 0 Å². The maximum atomic E-state index is 14.2. The smallest absolute Gasteiger partial charge is 0.422 e. The zero-order chi connectivity index (χ0) is 39.3. The van der Waals surface area contributed by atoms with Gasteiger partial charge in [-0.2, -0.15) is 0 Å². The number of halogens is 2. The summed E-state index contributed by atoms with van der Waals surface area (Å²) < 4.78 is 58.0. The Balaban J connectivity index is 1.16. The molecule has 0 bridgehead atoms. The highest BCUT2D eigenvalue weighted by Crippen LogP contribution is 2.58. The molecule has 0 saturated heterocycles. The summed E-state index contributed by atoms with van der Waals surface area (Å²) >= 11 is 0. The quantitative estimate of drug-likeness (QED) is 0.149. The molecule has 2 heterocycles. The topological polar surface area (TPSA) is 77.5 Å². The van der Waals surface area contributed by atoms with E-state index in [0.717, 1.165) is 21.5 Å². The summed E-state index contributed by atoms with van der Waals surface area (Å²) in [6, 6.07) is 48.2. The molecule has 8 aromatic carbocycles. The van der Waals surface area contributed by atoms with Gasteiger partial charge in [0.1, 0.15) is 34.6 Å². The van der Waals surface area contributed by atoms with Gasteiger partial charge in [-0.15, -0.1) is 0 Å². The van der Waals surface area contributed by atoms with Crippen molar-refractivity contribution in [3.8, 4) is 34.1 Å². The minimum Gasteiger partial charge on any atom is -0.422 e. The van der Waals surface area contributed by atoms with E-state index >= 15 is 0 Å². The highest BCUT2D eigenvalue weighted by molar-refractivity contribution is 7.52. The summed E-state index contributed by atoms with van der Waals surface area (Å²) in [4.78, 5) is 28.4. The van der Waals surface area contributed by atoms with Crippen molar-refractivity contribution in [2.75, 3.05) is 9.34 Å². The second-order valence-corrected chi connectivity index (χ2v) is 15.8. The number of rotatable bonds is 7. The van der Waals surface area contributed by atoms with Crippen LogP contribution >= 0.6 is 17.1 Å². The predicted molar refractivity (Wildman–Crippen MR) is 223 cm³/mol. The standard InChI is InChI=1S/C46H28F2N2O6P2/c47-31-19-23-33(24-20-31)49-45(51)37-13-5-7-15-39(37)53-57(49)55-41-27-17-29-9-1-3-11-35(29)43(41)44-36-12-4-2-10-30(36)18-28-42(44)56-58-50(34-25-21-32(48)22-26-34)46(52)38-14-6-8-16-40(38)54-58/h1-28H. The van der Waals surface area contributed by atoms with Crippen molar-refractivity contribution >= 4 is 61.8 Å². The third-order valence-corrected chi connectivity index (χ3v) is 12.7. The molecule has 10 rings (SSSR count). The van der Waals surface area contributed by atoms with E-state index in [0.29, 0.717) is 56.6 Å². The molecule has 8 aromatic rings. The molecule has 2 unspecified atom stereocenters. The number of hydrogen-bond acceptors (Lipinski definition) is 6. The van der Waals surface area contributed by atoms with Crippen LogP contribution in [0.2, 0.25) is 0 Å². The first kappa shape index (κ1) is 35.5. The van der Waals surface area contributed by atoms with Gasteiger partial charge >= 0.3 is 17.1 Å². The van der Waals surface area contributed by atoms with Gasteiger partial charge in [0.15, 0.2) is 0 Å². The van der Waals surface area contributed by atoms with Crippen LogP contribution in [0.3, 0.4) is 0 Å². The predicted octanol–water partition coefficient (Wildman–Crippen LogP) is 12.6. The van der Waals surface area contributed by atoms with E-state index in [1.54, 1.807) is 48.5 Å². The van der Waals surface area contributed by atoms with Crippen molar-refractivity contribution in [1.29, 1.82) is 0 Å². The maximum Gasteiger partial charge on any atom is 0.424 e. The van der Waals surface area contributed by atoms with Gasteiger partial charge in [0.2, 0.25) is 0 Å². The zero-order valence-electron chi connectivity index (χ0n) is 30.2. The first-order valence-electron chi connectivity index (χ1n) is 18.2. The molecule has 2 aliphatic heterocycles. The van der Waals surface area contributed by atoms with Gasteiger partial charge in [-0.3, -0.25) is 9.59 Å². The van der Waals surface area contributed by atoms with Gasteiger partial charge in [-0.25, -0.2) is 18.1 Å². The summed E-state index contributed by atoms with van der Waals surface area (Å²) in [7, 11) is -4.43. The Labute approximate surface area is 333 Å². The van der Waals surface area contributed by atoms with E-state index in [1.807, 2.05) is 72.8 Å². The van der Waals surface area contributed by atoms with Crippen LogP contribution in [0.1, 0.15) is 20.7 Å². The fraction of sp³-hybridized carbons (Fsp3) is 0. The Bertz CT molecular complexity index is 2720. The Morgan fingerprint density at radius 3 is 1.24 bits per heavy atom. The third-order valence-electron chi connectivity index (χ3n) is 9.83. The lowest BCUT2D eigenvalue weighted by atomic mass is 9.92. The largest absolute Gasteiger partial charge is 0.424 e. The number of carbonyl (C=O) groups is 2. The molecule has 0 spiro atoms. The van der Waals surface area contributed by atoms with Gasteiger partial charge in [0.05, 0.1) is 22.5 Å². The number of anilines is 2. The first-order valence-corrected chi connectivity index (χ1v) is 20.4. The Kier molecular flexibility index (Phi) is 8.93. The molecule has 0 aliphatic carbocycles. The van der Waals surface area contributed by atoms with E-state index in [4.69, 9.17) is 18.1 Å². The van der Waals surface area contributed by atoms with Crippen molar-refractivity contribution in [1.82, 2.24) is 0 Å². The van der Waals surface area contributed by atoms with Gasteiger partial charge in [0, 0.05) is 11.1 Å². The minimum atomic E-state index is -2.21. The third kappa shape index (κ3) is 6.24. The monoisotopic (exact) mass is 804 g/mol. The summed E-state index contributed by atoms with van der Waals surface area (Å²) in [6.07, 6.45) is 0. The van der Waals surface area contributed by atoms with Crippen LogP contribution in [0.15, 0.2) is 170 Å². The van der Waals surface area contributed by atoms with Crippen LogP contribution in [0, 0.1) is 11.6 Å². The number of para-hydroxylation sites is 2. The second-order valence-electron chi connectivity index (χ2n) is 13.3. The molecule has 0 saturated carbocycles. The maximum absolute atomic E-state index is 14.2. The van der Waals surface area contributed by atoms with Crippen molar-refractivity contribution < 1.29 is 36.5 Å². The molecule has 0 radical (unpaired) electrons. The summed E-state index contributed by atoms with van der Waals surface area (Å²) in [5.74, 6) is -0.163. The molecule has 2 aliphatic rings. The van der Waals surface area contributed by atoms with Crippen LogP contribution < -0.4 is 27.4 Å². The van der Waals surface area contributed by atoms with Crippen molar-refractivity contribution in [2.24, 2.45) is 0 Å². The highest BCUT2D eigenvalue weighted by Gasteiger charge is 2.42. The molecule has 8 nitrogen and oxygen atoms in total. The minimum absolute atomic E-state index is 0.342. The summed E-state index contributed by atoms with van der Waals surface area (Å²) in [6.45, 7) is 0. The number of hydrogen-bond donors (Lipinski definition) is 0. The SMILES string of the molecule is O=C1c2ccccc2OP(Oc2ccc3ccccc3c2-c2c(OP3Oc4ccccc4C(=O)N3c3ccc(F)cc3)ccc3ccccc23)N1c1ccc(F)cc1. The molecule has 0 N–H and O–H groups in total. The van der Waals surface area contributed by atoms with Crippen molar-refractivity contribution in [2.45, 2.75) is 0 Å². The molecule has 58 heavy (non-hydrogen) atoms. The second kappa shape index (κ2) is 14.6. The van der Waals surface area contributed by atoms with Crippen molar-refractivity contribution in [3.05, 3.63) is 193 Å². The van der Waals surface area contributed by atoms with Gasteiger partial charge in [0.25, 0.3) is 11.8 Å². The molecule has 2 atom stereocenters. The van der Waals surface area contributed by atoms with Crippen LogP contribution in [-0.4, -0.2) is 11.8 Å². The number of carbonyl (C=O) groups excluding carboxylic acids is 2. The molecular formula is C46H28F2N2O6P2. The molecule has 12 heteroatoms. The van der Waals surface area contributed by atoms with E-state index in [1.165, 1.54) is 57.9 Å². The van der Waals surface area contributed by atoms with Crippen LogP contribution in [-0.2, 0) is 0 Å². The lowest BCUT2D eigenvalue weighted by Gasteiger charge is -2.35. The molecule has 0 aromatic heterocycles. The lowest BCUT2D eigenvalue weighted by Crippen LogP contribution is -2.33. The van der Waals surface area contributed by atoms with Gasteiger partial charge < -0.3 is 18.1 Å². The van der Waals surface area contributed by atoms with E-state index in [-0.39, 0.29) is 11.8 Å². The van der Waals surface area contributed by atoms with E-state index in [9.17, 15) is 18.4 Å². The van der Waals surface area contributed by atoms with Crippen LogP contribution in [0.25, 0.3) is 32.7 Å². The van der Waals surface area contributed by atoms with Crippen LogP contribution in [0.5, 0.6) is 23.0 Å². The number of amides is 2. The first-order chi connectivity index (χ1) is 28.4. The Morgan fingerprint density at radius 2 is 0.810 bits per heavy atom. The number of fused-ring (bicyclic) bond motifs is 4. The Hall–Kier alpha value is -6.86. The fourth-order valence-electron chi connectivity index (χ4n) is 7.12. The van der Waals surface area contributed by atoms with E-state index < -0.39 is 28.7 Å². The molecule has 0 fully saturated rings.